The maximum Gasteiger partial charge on any atom is 0.413 e. The zero-order valence-electron chi connectivity index (χ0n) is 16.4. The molecule has 4 rings (SSSR count). The summed E-state index contributed by atoms with van der Waals surface area (Å²) in [7, 11) is 0. The number of carbonyl (C=O) groups is 1. The predicted octanol–water partition coefficient (Wildman–Crippen LogP) is 4.44. The SMILES string of the molecule is CCN1CC[C@@]2(C)c3cc(OC(=O)NC(C)c4ccccc4)ccc3C[C@@H]12. The number of benzene rings is 2. The first-order valence-corrected chi connectivity index (χ1v) is 9.92. The number of nitrogens with zero attached hydrogens (tertiary/aromatic N) is 1. The first-order valence-electron chi connectivity index (χ1n) is 9.92. The Balaban J connectivity index is 1.47. The second kappa shape index (κ2) is 7.01. The van der Waals surface area contributed by atoms with Gasteiger partial charge in [0.2, 0.25) is 0 Å². The Morgan fingerprint density at radius 3 is 2.81 bits per heavy atom. The second-order valence-electron chi connectivity index (χ2n) is 8.00. The Morgan fingerprint density at radius 2 is 2.07 bits per heavy atom. The van der Waals surface area contributed by atoms with E-state index in [-0.39, 0.29) is 11.5 Å². The third-order valence-corrected chi connectivity index (χ3v) is 6.46. The number of hydrogen-bond acceptors (Lipinski definition) is 3. The molecule has 142 valence electrons. The largest absolute Gasteiger partial charge is 0.413 e. The van der Waals surface area contributed by atoms with E-state index in [4.69, 9.17) is 4.74 Å². The van der Waals surface area contributed by atoms with Crippen LogP contribution in [0.4, 0.5) is 4.79 Å². The summed E-state index contributed by atoms with van der Waals surface area (Å²) in [6.07, 6.45) is 1.85. The topological polar surface area (TPSA) is 41.6 Å². The van der Waals surface area contributed by atoms with Gasteiger partial charge in [0.05, 0.1) is 6.04 Å². The van der Waals surface area contributed by atoms with Crippen molar-refractivity contribution < 1.29 is 9.53 Å². The van der Waals surface area contributed by atoms with E-state index in [0.29, 0.717) is 11.8 Å². The highest BCUT2D eigenvalue weighted by Crippen LogP contribution is 2.48. The Bertz CT molecular complexity index is 836. The lowest BCUT2D eigenvalue weighted by molar-refractivity contribution is 0.197. The molecule has 1 heterocycles. The van der Waals surface area contributed by atoms with Gasteiger partial charge >= 0.3 is 6.09 Å². The summed E-state index contributed by atoms with van der Waals surface area (Å²) < 4.78 is 5.61. The smallest absolute Gasteiger partial charge is 0.410 e. The summed E-state index contributed by atoms with van der Waals surface area (Å²) >= 11 is 0. The molecule has 3 atom stereocenters. The molecule has 1 aliphatic carbocycles. The van der Waals surface area contributed by atoms with Gasteiger partial charge in [-0.25, -0.2) is 4.79 Å². The summed E-state index contributed by atoms with van der Waals surface area (Å²) in [5.74, 6) is 0.628. The zero-order chi connectivity index (χ0) is 19.0. The van der Waals surface area contributed by atoms with Crippen LogP contribution in [0.15, 0.2) is 48.5 Å². The van der Waals surface area contributed by atoms with Crippen molar-refractivity contribution in [1.29, 1.82) is 0 Å². The number of ether oxygens (including phenoxy) is 1. The van der Waals surface area contributed by atoms with Gasteiger partial charge in [-0.1, -0.05) is 50.2 Å². The molecule has 2 aliphatic rings. The standard InChI is InChI=1S/C23H28N2O2/c1-4-25-13-12-23(3)20-15-19(11-10-18(20)14-21(23)25)27-22(26)24-16(2)17-8-6-5-7-9-17/h5-11,15-16,21H,4,12-14H2,1-3H3,(H,24,26)/t16?,21-,23+/m1/s1. The van der Waals surface area contributed by atoms with Crippen LogP contribution in [0.1, 0.15) is 49.9 Å². The highest BCUT2D eigenvalue weighted by atomic mass is 16.6. The van der Waals surface area contributed by atoms with Crippen LogP contribution in [0, 0.1) is 0 Å². The van der Waals surface area contributed by atoms with Gasteiger partial charge in [-0.15, -0.1) is 0 Å². The van der Waals surface area contributed by atoms with E-state index in [9.17, 15) is 4.79 Å². The first-order chi connectivity index (χ1) is 13.0. The van der Waals surface area contributed by atoms with Crippen molar-refractivity contribution in [3.63, 3.8) is 0 Å². The van der Waals surface area contributed by atoms with Crippen molar-refractivity contribution in [1.82, 2.24) is 10.2 Å². The Hall–Kier alpha value is -2.33. The normalized spacial score (nSPS) is 24.9. The monoisotopic (exact) mass is 364 g/mol. The molecule has 4 heteroatoms. The highest BCUT2D eigenvalue weighted by molar-refractivity contribution is 5.71. The average Bonchev–Trinajstić information content (AvgIpc) is 3.14. The molecule has 27 heavy (non-hydrogen) atoms. The van der Waals surface area contributed by atoms with Crippen molar-refractivity contribution in [3.05, 3.63) is 65.2 Å². The van der Waals surface area contributed by atoms with Crippen LogP contribution >= 0.6 is 0 Å². The Kier molecular flexibility index (Phi) is 4.68. The minimum absolute atomic E-state index is 0.0945. The van der Waals surface area contributed by atoms with Crippen molar-refractivity contribution in [2.24, 2.45) is 0 Å². The van der Waals surface area contributed by atoms with Gasteiger partial charge in [0.15, 0.2) is 0 Å². The molecule has 4 nitrogen and oxygen atoms in total. The maximum atomic E-state index is 12.4. The molecule has 0 spiro atoms. The van der Waals surface area contributed by atoms with Crippen LogP contribution in [-0.2, 0) is 11.8 Å². The molecule has 1 unspecified atom stereocenters. The summed E-state index contributed by atoms with van der Waals surface area (Å²) in [5, 5.41) is 2.92. The molecule has 1 saturated heterocycles. The van der Waals surface area contributed by atoms with Gasteiger partial charge in [0.25, 0.3) is 0 Å². The Morgan fingerprint density at radius 1 is 1.30 bits per heavy atom. The van der Waals surface area contributed by atoms with Crippen LogP contribution in [0.3, 0.4) is 0 Å². The third kappa shape index (κ3) is 3.23. The second-order valence-corrected chi connectivity index (χ2v) is 8.00. The van der Waals surface area contributed by atoms with Gasteiger partial charge in [0.1, 0.15) is 5.75 Å². The van der Waals surface area contributed by atoms with E-state index in [2.05, 4.69) is 36.2 Å². The predicted molar refractivity (Wildman–Crippen MR) is 107 cm³/mol. The maximum absolute atomic E-state index is 12.4. The molecule has 0 saturated carbocycles. The fourth-order valence-corrected chi connectivity index (χ4v) is 4.82. The molecule has 1 N–H and O–H groups in total. The number of hydrogen-bond donors (Lipinski definition) is 1. The molecule has 1 amide bonds. The van der Waals surface area contributed by atoms with E-state index in [1.54, 1.807) is 0 Å². The molecule has 2 aromatic carbocycles. The highest BCUT2D eigenvalue weighted by Gasteiger charge is 2.49. The van der Waals surface area contributed by atoms with Gasteiger partial charge in [-0.05, 0) is 61.7 Å². The number of nitrogens with one attached hydrogen (secondary N) is 1. The first kappa shape index (κ1) is 18.1. The zero-order valence-corrected chi connectivity index (χ0v) is 16.4. The minimum atomic E-state index is -0.410. The summed E-state index contributed by atoms with van der Waals surface area (Å²) in [6.45, 7) is 8.80. The summed E-state index contributed by atoms with van der Waals surface area (Å²) in [5.41, 5.74) is 3.97. The molecule has 0 aromatic heterocycles. The number of carbonyl (C=O) groups excluding carboxylic acids is 1. The molecule has 1 aliphatic heterocycles. The van der Waals surface area contributed by atoms with Crippen LogP contribution in [0.2, 0.25) is 0 Å². The lowest BCUT2D eigenvalue weighted by Gasteiger charge is -2.29. The fraction of sp³-hybridized carbons (Fsp3) is 0.435. The lowest BCUT2D eigenvalue weighted by Crippen LogP contribution is -2.37. The van der Waals surface area contributed by atoms with Crippen molar-refractivity contribution in [2.75, 3.05) is 13.1 Å². The van der Waals surface area contributed by atoms with Crippen LogP contribution in [0.5, 0.6) is 5.75 Å². The van der Waals surface area contributed by atoms with E-state index in [1.165, 1.54) is 17.5 Å². The number of likely N-dealkylation sites (N-methyl/N-ethyl adjacent to an activating group) is 1. The lowest BCUT2D eigenvalue weighted by atomic mass is 9.80. The molecular weight excluding hydrogens is 336 g/mol. The fourth-order valence-electron chi connectivity index (χ4n) is 4.82. The van der Waals surface area contributed by atoms with E-state index in [1.807, 2.05) is 43.3 Å². The molecule has 2 aromatic rings. The van der Waals surface area contributed by atoms with E-state index in [0.717, 1.165) is 25.1 Å². The number of likely N-dealkylation sites (tertiary alicyclic amines) is 1. The van der Waals surface area contributed by atoms with Gasteiger partial charge < -0.3 is 10.1 Å². The van der Waals surface area contributed by atoms with Crippen molar-refractivity contribution >= 4 is 6.09 Å². The number of fused-ring (bicyclic) bond motifs is 3. The number of rotatable bonds is 4. The van der Waals surface area contributed by atoms with Crippen LogP contribution in [0.25, 0.3) is 0 Å². The number of amides is 1. The van der Waals surface area contributed by atoms with Crippen molar-refractivity contribution in [3.8, 4) is 5.75 Å². The molecule has 0 bridgehead atoms. The quantitative estimate of drug-likeness (QED) is 0.872. The molecule has 0 radical (unpaired) electrons. The summed E-state index contributed by atoms with van der Waals surface area (Å²) in [6, 6.07) is 16.5. The molecular formula is C23H28N2O2. The minimum Gasteiger partial charge on any atom is -0.410 e. The van der Waals surface area contributed by atoms with Gasteiger partial charge in [-0.2, -0.15) is 0 Å². The molecule has 1 fully saturated rings. The average molecular weight is 364 g/mol. The summed E-state index contributed by atoms with van der Waals surface area (Å²) in [4.78, 5) is 14.9. The Labute approximate surface area is 161 Å². The van der Waals surface area contributed by atoms with Crippen LogP contribution in [-0.4, -0.2) is 30.1 Å². The van der Waals surface area contributed by atoms with E-state index < -0.39 is 6.09 Å². The van der Waals surface area contributed by atoms with Crippen molar-refractivity contribution in [2.45, 2.75) is 51.1 Å². The van der Waals surface area contributed by atoms with Gasteiger partial charge in [0, 0.05) is 11.5 Å². The van der Waals surface area contributed by atoms with Gasteiger partial charge in [-0.3, -0.25) is 4.90 Å². The van der Waals surface area contributed by atoms with E-state index >= 15 is 0 Å². The third-order valence-electron chi connectivity index (χ3n) is 6.46. The van der Waals surface area contributed by atoms with Crippen LogP contribution < -0.4 is 10.1 Å².